The summed E-state index contributed by atoms with van der Waals surface area (Å²) in [4.78, 5) is 12.1. The summed E-state index contributed by atoms with van der Waals surface area (Å²) in [5.74, 6) is 0.705. The molecule has 0 spiro atoms. The summed E-state index contributed by atoms with van der Waals surface area (Å²) in [6.07, 6.45) is 4.08. The molecule has 158 valence electrons. The number of sulfone groups is 1. The number of benzene rings is 1. The molecule has 1 N–H and O–H groups in total. The maximum Gasteiger partial charge on any atom is 0.501 e. The van der Waals surface area contributed by atoms with Crippen molar-refractivity contribution in [3.8, 4) is 0 Å². The lowest BCUT2D eigenvalue weighted by Crippen LogP contribution is -2.47. The Hall–Kier alpha value is -2.40. The van der Waals surface area contributed by atoms with Gasteiger partial charge in [0, 0.05) is 45.1 Å². The minimum atomic E-state index is -5.39. The van der Waals surface area contributed by atoms with Crippen LogP contribution in [0.15, 0.2) is 47.6 Å². The number of hydrogen-bond acceptors (Lipinski definition) is 7. The highest BCUT2D eigenvalue weighted by atomic mass is 32.2. The van der Waals surface area contributed by atoms with E-state index in [4.69, 9.17) is 0 Å². The third-order valence-electron chi connectivity index (χ3n) is 4.66. The Bertz CT molecular complexity index is 901. The summed E-state index contributed by atoms with van der Waals surface area (Å²) in [6, 6.07) is 6.86. The molecule has 0 radical (unpaired) electrons. The van der Waals surface area contributed by atoms with Crippen LogP contribution in [0.2, 0.25) is 0 Å². The van der Waals surface area contributed by atoms with Gasteiger partial charge in [0.25, 0.3) is 9.84 Å². The molecule has 0 amide bonds. The van der Waals surface area contributed by atoms with Crippen molar-refractivity contribution in [2.75, 3.05) is 49.5 Å². The Morgan fingerprint density at radius 3 is 2.31 bits per heavy atom. The maximum atomic E-state index is 12.8. The number of alkyl halides is 3. The summed E-state index contributed by atoms with van der Waals surface area (Å²) in [5.41, 5.74) is -5.36. The van der Waals surface area contributed by atoms with Crippen LogP contribution in [0, 0.1) is 0 Å². The monoisotopic (exact) mass is 429 g/mol. The van der Waals surface area contributed by atoms with E-state index in [2.05, 4.69) is 25.1 Å². The van der Waals surface area contributed by atoms with Crippen LogP contribution in [0.3, 0.4) is 0 Å². The van der Waals surface area contributed by atoms with Gasteiger partial charge in [-0.3, -0.25) is 4.90 Å². The van der Waals surface area contributed by atoms with E-state index >= 15 is 0 Å². The lowest BCUT2D eigenvalue weighted by atomic mass is 10.2. The highest BCUT2D eigenvalue weighted by Gasteiger charge is 2.47. The summed E-state index contributed by atoms with van der Waals surface area (Å²) in [6.45, 7) is 4.37. The van der Waals surface area contributed by atoms with Gasteiger partial charge in [0.15, 0.2) is 0 Å². The smallest absolute Gasteiger partial charge is 0.384 e. The number of rotatable bonds is 7. The Balaban J connectivity index is 1.48. The van der Waals surface area contributed by atoms with Crippen LogP contribution in [0.25, 0.3) is 0 Å². The zero-order chi connectivity index (χ0) is 20.9. The second-order valence-electron chi connectivity index (χ2n) is 6.60. The number of anilines is 2. The first-order valence-electron chi connectivity index (χ1n) is 9.17. The van der Waals surface area contributed by atoms with Gasteiger partial charge in [-0.15, -0.1) is 0 Å². The number of nitrogens with one attached hydrogen (secondary N) is 1. The Labute approximate surface area is 167 Å². The van der Waals surface area contributed by atoms with Crippen LogP contribution in [-0.4, -0.2) is 68.1 Å². The van der Waals surface area contributed by atoms with E-state index in [1.165, 1.54) is 18.2 Å². The first-order chi connectivity index (χ1) is 13.8. The van der Waals surface area contributed by atoms with E-state index in [0.717, 1.165) is 38.8 Å². The van der Waals surface area contributed by atoms with Crippen molar-refractivity contribution in [3.05, 3.63) is 42.7 Å². The zero-order valence-electron chi connectivity index (χ0n) is 15.6. The van der Waals surface area contributed by atoms with Crippen molar-refractivity contribution in [1.29, 1.82) is 0 Å². The van der Waals surface area contributed by atoms with Gasteiger partial charge >= 0.3 is 5.51 Å². The van der Waals surface area contributed by atoms with E-state index in [-0.39, 0.29) is 5.69 Å². The molecule has 0 atom stereocenters. The molecule has 1 aromatic carbocycles. The van der Waals surface area contributed by atoms with E-state index in [0.29, 0.717) is 18.9 Å². The van der Waals surface area contributed by atoms with E-state index in [1.54, 1.807) is 18.5 Å². The standard InChI is InChI=1S/C18H22F3N5O2S/c19-18(20,21)29(27,28)16-6-2-1-5-15(16)22-9-4-10-25-11-13-26(14-12-25)17-23-7-3-8-24-17/h1-3,5-8,22H,4,9-14H2. The molecule has 1 aliphatic rings. The number of aromatic nitrogens is 2. The molecular formula is C18H22F3N5O2S. The van der Waals surface area contributed by atoms with Gasteiger partial charge in [0.2, 0.25) is 5.95 Å². The first-order valence-corrected chi connectivity index (χ1v) is 10.7. The highest BCUT2D eigenvalue weighted by molar-refractivity contribution is 7.92. The summed E-state index contributed by atoms with van der Waals surface area (Å²) < 4.78 is 62.0. The predicted molar refractivity (Wildman–Crippen MR) is 103 cm³/mol. The molecule has 0 aliphatic carbocycles. The number of para-hydroxylation sites is 1. The van der Waals surface area contributed by atoms with Gasteiger partial charge in [0.1, 0.15) is 0 Å². The average molecular weight is 429 g/mol. The number of halogens is 3. The van der Waals surface area contributed by atoms with E-state index < -0.39 is 20.2 Å². The summed E-state index contributed by atoms with van der Waals surface area (Å²) >= 11 is 0. The lowest BCUT2D eigenvalue weighted by Gasteiger charge is -2.34. The minimum Gasteiger partial charge on any atom is -0.384 e. The van der Waals surface area contributed by atoms with Gasteiger partial charge in [0.05, 0.1) is 10.6 Å². The molecule has 29 heavy (non-hydrogen) atoms. The SMILES string of the molecule is O=S(=O)(c1ccccc1NCCCN1CCN(c2ncccn2)CC1)C(F)(F)F. The molecule has 0 bridgehead atoms. The van der Waals surface area contributed by atoms with Crippen LogP contribution in [0.1, 0.15) is 6.42 Å². The van der Waals surface area contributed by atoms with Crippen LogP contribution in [0.5, 0.6) is 0 Å². The third-order valence-corrected chi connectivity index (χ3v) is 6.20. The van der Waals surface area contributed by atoms with Crippen molar-refractivity contribution < 1.29 is 21.6 Å². The molecule has 1 aromatic heterocycles. The van der Waals surface area contributed by atoms with Gasteiger partial charge in [-0.25, -0.2) is 18.4 Å². The first kappa shape index (κ1) is 21.3. The largest absolute Gasteiger partial charge is 0.501 e. The van der Waals surface area contributed by atoms with Crippen molar-refractivity contribution >= 4 is 21.5 Å². The highest BCUT2D eigenvalue weighted by Crippen LogP contribution is 2.34. The topological polar surface area (TPSA) is 78.4 Å². The Morgan fingerprint density at radius 2 is 1.66 bits per heavy atom. The summed E-state index contributed by atoms with van der Waals surface area (Å²) in [5, 5.41) is 2.83. The quantitative estimate of drug-likeness (QED) is 0.677. The van der Waals surface area contributed by atoms with Crippen molar-refractivity contribution in [1.82, 2.24) is 14.9 Å². The second kappa shape index (κ2) is 8.95. The normalized spacial score (nSPS) is 16.0. The zero-order valence-corrected chi connectivity index (χ0v) is 16.5. The van der Waals surface area contributed by atoms with E-state index in [1.807, 2.05) is 0 Å². The fourth-order valence-electron chi connectivity index (χ4n) is 3.12. The average Bonchev–Trinajstić information content (AvgIpc) is 2.72. The summed E-state index contributed by atoms with van der Waals surface area (Å²) in [7, 11) is -5.39. The Kier molecular flexibility index (Phi) is 6.58. The maximum absolute atomic E-state index is 12.8. The van der Waals surface area contributed by atoms with Crippen molar-refractivity contribution in [2.45, 2.75) is 16.8 Å². The number of nitrogens with zero attached hydrogens (tertiary/aromatic N) is 4. The molecule has 1 saturated heterocycles. The van der Waals surface area contributed by atoms with Crippen LogP contribution in [-0.2, 0) is 9.84 Å². The van der Waals surface area contributed by atoms with Crippen LogP contribution in [0.4, 0.5) is 24.8 Å². The van der Waals surface area contributed by atoms with Gasteiger partial charge < -0.3 is 10.2 Å². The van der Waals surface area contributed by atoms with Gasteiger partial charge in [-0.05, 0) is 31.2 Å². The van der Waals surface area contributed by atoms with Crippen LogP contribution >= 0.6 is 0 Å². The Morgan fingerprint density at radius 1 is 1.00 bits per heavy atom. The fourth-order valence-corrected chi connectivity index (χ4v) is 4.06. The molecule has 11 heteroatoms. The molecule has 1 aliphatic heterocycles. The molecule has 7 nitrogen and oxygen atoms in total. The van der Waals surface area contributed by atoms with Gasteiger partial charge in [-0.2, -0.15) is 13.2 Å². The molecule has 0 saturated carbocycles. The third kappa shape index (κ3) is 5.15. The molecule has 3 rings (SSSR count). The fraction of sp³-hybridized carbons (Fsp3) is 0.444. The lowest BCUT2D eigenvalue weighted by molar-refractivity contribution is -0.0435. The molecule has 1 fully saturated rings. The second-order valence-corrected chi connectivity index (χ2v) is 8.51. The molecule has 2 aromatic rings. The molecule has 2 heterocycles. The minimum absolute atomic E-state index is 0.0316. The predicted octanol–water partition coefficient (Wildman–Crippen LogP) is 2.39. The number of hydrogen-bond donors (Lipinski definition) is 1. The van der Waals surface area contributed by atoms with Crippen molar-refractivity contribution in [3.63, 3.8) is 0 Å². The van der Waals surface area contributed by atoms with Gasteiger partial charge in [-0.1, -0.05) is 12.1 Å². The molecular weight excluding hydrogens is 407 g/mol. The number of piperazine rings is 1. The van der Waals surface area contributed by atoms with Crippen molar-refractivity contribution in [2.24, 2.45) is 0 Å². The van der Waals surface area contributed by atoms with Crippen LogP contribution < -0.4 is 10.2 Å². The molecule has 0 unspecified atom stereocenters. The van der Waals surface area contributed by atoms with E-state index in [9.17, 15) is 21.6 Å².